The summed E-state index contributed by atoms with van der Waals surface area (Å²) in [5.74, 6) is -1.50. The Balaban J connectivity index is 4.46. The van der Waals surface area contributed by atoms with Gasteiger partial charge in [0.05, 0.1) is 32.3 Å². The average molecular weight is 320 g/mol. The van der Waals surface area contributed by atoms with Gasteiger partial charge in [-0.1, -0.05) is 0 Å². The molecule has 0 aliphatic rings. The summed E-state index contributed by atoms with van der Waals surface area (Å²) in [4.78, 5) is 27.2. The highest BCUT2D eigenvalue weighted by atomic mass is 16.3. The Morgan fingerprint density at radius 1 is 0.818 bits per heavy atom. The number of aliphatic hydroxyl groups excluding tert-OH is 4. The Bertz CT molecular complexity index is 314. The molecule has 0 aliphatic heterocycles. The number of amides is 1. The van der Waals surface area contributed by atoms with Gasteiger partial charge < -0.3 is 25.3 Å². The maximum Gasteiger partial charge on any atom is 0.233 e. The second kappa shape index (κ2) is 12.5. The number of carbonyl (C=O) groups excluding carboxylic acids is 2. The molecule has 0 bridgehead atoms. The predicted molar refractivity (Wildman–Crippen MR) is 80.2 cm³/mol. The Hall–Kier alpha value is -1.06. The molecular formula is C14H28N2O6. The van der Waals surface area contributed by atoms with E-state index in [1.54, 1.807) is 4.90 Å². The maximum atomic E-state index is 12.1. The molecule has 1 amide bonds. The molecule has 0 fully saturated rings. The van der Waals surface area contributed by atoms with Gasteiger partial charge in [-0.05, 0) is 6.92 Å². The molecule has 8 nitrogen and oxygen atoms in total. The number of hydrogen-bond donors (Lipinski definition) is 4. The van der Waals surface area contributed by atoms with E-state index in [4.69, 9.17) is 20.4 Å². The standard InChI is InChI=1S/C14H28N2O6/c1-12(14(22)16(6-10-19)7-11-20)13(21)2-3-15(4-8-17)5-9-18/h12,17-20H,2-11H2,1H3/t12-/m1/s1. The molecule has 0 aromatic rings. The number of ketones is 1. The monoisotopic (exact) mass is 320 g/mol. The van der Waals surface area contributed by atoms with Crippen LogP contribution in [-0.4, -0.2) is 101 Å². The number of hydrogen-bond acceptors (Lipinski definition) is 7. The smallest absolute Gasteiger partial charge is 0.233 e. The molecule has 0 spiro atoms. The van der Waals surface area contributed by atoms with Crippen molar-refractivity contribution in [3.05, 3.63) is 0 Å². The Morgan fingerprint density at radius 3 is 1.68 bits per heavy atom. The zero-order valence-electron chi connectivity index (χ0n) is 13.1. The normalized spacial score (nSPS) is 12.5. The minimum Gasteiger partial charge on any atom is -0.395 e. The van der Waals surface area contributed by atoms with Crippen LogP contribution in [0.4, 0.5) is 0 Å². The maximum absolute atomic E-state index is 12.1. The van der Waals surface area contributed by atoms with Crippen LogP contribution in [0.2, 0.25) is 0 Å². The lowest BCUT2D eigenvalue weighted by Crippen LogP contribution is -2.42. The quantitative estimate of drug-likeness (QED) is 0.281. The van der Waals surface area contributed by atoms with Crippen molar-refractivity contribution in [2.75, 3.05) is 59.2 Å². The van der Waals surface area contributed by atoms with Gasteiger partial charge in [0, 0.05) is 39.1 Å². The average Bonchev–Trinajstić information content (AvgIpc) is 2.51. The molecule has 22 heavy (non-hydrogen) atoms. The van der Waals surface area contributed by atoms with E-state index in [1.807, 2.05) is 0 Å². The first-order valence-corrected chi connectivity index (χ1v) is 7.49. The van der Waals surface area contributed by atoms with Crippen molar-refractivity contribution in [2.24, 2.45) is 5.92 Å². The van der Waals surface area contributed by atoms with Crippen LogP contribution in [0.3, 0.4) is 0 Å². The van der Waals surface area contributed by atoms with E-state index >= 15 is 0 Å². The third-order valence-electron chi connectivity index (χ3n) is 3.41. The van der Waals surface area contributed by atoms with Gasteiger partial charge >= 0.3 is 0 Å². The van der Waals surface area contributed by atoms with E-state index in [0.717, 1.165) is 0 Å². The molecule has 0 unspecified atom stereocenters. The van der Waals surface area contributed by atoms with Crippen LogP contribution in [0.25, 0.3) is 0 Å². The minimum absolute atomic E-state index is 0.0660. The summed E-state index contributed by atoms with van der Waals surface area (Å²) in [6.45, 7) is 2.16. The van der Waals surface area contributed by atoms with E-state index in [9.17, 15) is 9.59 Å². The van der Waals surface area contributed by atoms with E-state index in [2.05, 4.69) is 0 Å². The number of aliphatic hydroxyl groups is 4. The largest absolute Gasteiger partial charge is 0.395 e. The molecular weight excluding hydrogens is 292 g/mol. The topological polar surface area (TPSA) is 122 Å². The summed E-state index contributed by atoms with van der Waals surface area (Å²) in [6, 6.07) is 0. The van der Waals surface area contributed by atoms with Gasteiger partial charge in [0.25, 0.3) is 0 Å². The molecule has 0 aromatic heterocycles. The van der Waals surface area contributed by atoms with Gasteiger partial charge in [-0.15, -0.1) is 0 Å². The highest BCUT2D eigenvalue weighted by Gasteiger charge is 2.26. The van der Waals surface area contributed by atoms with E-state index in [1.165, 1.54) is 11.8 Å². The van der Waals surface area contributed by atoms with Gasteiger partial charge in [-0.2, -0.15) is 0 Å². The fourth-order valence-electron chi connectivity index (χ4n) is 2.09. The highest BCUT2D eigenvalue weighted by Crippen LogP contribution is 2.07. The van der Waals surface area contributed by atoms with E-state index in [-0.39, 0.29) is 51.7 Å². The molecule has 0 saturated carbocycles. The van der Waals surface area contributed by atoms with Crippen molar-refractivity contribution in [3.8, 4) is 0 Å². The second-order valence-corrected chi connectivity index (χ2v) is 5.00. The fraction of sp³-hybridized carbons (Fsp3) is 0.857. The lowest BCUT2D eigenvalue weighted by molar-refractivity contribution is -0.141. The SMILES string of the molecule is C[C@H](C(=O)CCN(CCO)CCO)C(=O)N(CCO)CCO. The Labute approximate surface area is 131 Å². The van der Waals surface area contributed by atoms with Crippen LogP contribution in [0.1, 0.15) is 13.3 Å². The zero-order chi connectivity index (χ0) is 17.0. The minimum atomic E-state index is -0.844. The van der Waals surface area contributed by atoms with E-state index in [0.29, 0.717) is 19.6 Å². The summed E-state index contributed by atoms with van der Waals surface area (Å²) in [6.07, 6.45) is 0.138. The Kier molecular flexibility index (Phi) is 11.9. The van der Waals surface area contributed by atoms with Crippen LogP contribution in [0.5, 0.6) is 0 Å². The highest BCUT2D eigenvalue weighted by molar-refractivity contribution is 6.01. The zero-order valence-corrected chi connectivity index (χ0v) is 13.1. The lowest BCUT2D eigenvalue weighted by atomic mass is 10.0. The van der Waals surface area contributed by atoms with Crippen molar-refractivity contribution >= 4 is 11.7 Å². The molecule has 0 heterocycles. The number of carbonyl (C=O) groups is 2. The molecule has 0 radical (unpaired) electrons. The number of rotatable bonds is 13. The first-order chi connectivity index (χ1) is 10.5. The molecule has 0 rings (SSSR count). The molecule has 0 saturated heterocycles. The van der Waals surface area contributed by atoms with Gasteiger partial charge in [-0.3, -0.25) is 14.5 Å². The first-order valence-electron chi connectivity index (χ1n) is 7.49. The second-order valence-electron chi connectivity index (χ2n) is 5.00. The van der Waals surface area contributed by atoms with E-state index < -0.39 is 11.8 Å². The number of Topliss-reactive ketones (excluding diaryl/α,β-unsaturated/α-hetero) is 1. The third kappa shape index (κ3) is 7.81. The van der Waals surface area contributed by atoms with Crippen molar-refractivity contribution in [1.29, 1.82) is 0 Å². The lowest BCUT2D eigenvalue weighted by Gasteiger charge is -2.24. The van der Waals surface area contributed by atoms with Crippen LogP contribution >= 0.6 is 0 Å². The third-order valence-corrected chi connectivity index (χ3v) is 3.41. The molecule has 8 heteroatoms. The van der Waals surface area contributed by atoms with Crippen molar-refractivity contribution < 1.29 is 30.0 Å². The van der Waals surface area contributed by atoms with Gasteiger partial charge in [0.1, 0.15) is 5.78 Å². The van der Waals surface area contributed by atoms with Crippen molar-refractivity contribution in [2.45, 2.75) is 13.3 Å². The van der Waals surface area contributed by atoms with Crippen LogP contribution in [0.15, 0.2) is 0 Å². The van der Waals surface area contributed by atoms with Crippen LogP contribution in [0, 0.1) is 5.92 Å². The fourth-order valence-corrected chi connectivity index (χ4v) is 2.09. The number of nitrogens with zero attached hydrogens (tertiary/aromatic N) is 2. The van der Waals surface area contributed by atoms with Crippen molar-refractivity contribution in [1.82, 2.24) is 9.80 Å². The van der Waals surface area contributed by atoms with Gasteiger partial charge in [0.15, 0.2) is 0 Å². The molecule has 0 aliphatic carbocycles. The molecule has 0 aromatic carbocycles. The predicted octanol–water partition coefficient (Wildman–Crippen LogP) is -2.32. The summed E-state index contributed by atoms with van der Waals surface area (Å²) in [5, 5.41) is 35.6. The summed E-state index contributed by atoms with van der Waals surface area (Å²) in [5.41, 5.74) is 0. The molecule has 1 atom stereocenters. The van der Waals surface area contributed by atoms with Crippen molar-refractivity contribution in [3.63, 3.8) is 0 Å². The molecule has 4 N–H and O–H groups in total. The Morgan fingerprint density at radius 2 is 1.27 bits per heavy atom. The van der Waals surface area contributed by atoms with Crippen LogP contribution in [-0.2, 0) is 9.59 Å². The summed E-state index contributed by atoms with van der Waals surface area (Å²) >= 11 is 0. The van der Waals surface area contributed by atoms with Crippen LogP contribution < -0.4 is 0 Å². The summed E-state index contributed by atoms with van der Waals surface area (Å²) < 4.78 is 0. The molecule has 130 valence electrons. The summed E-state index contributed by atoms with van der Waals surface area (Å²) in [7, 11) is 0. The first kappa shape index (κ1) is 20.9. The van der Waals surface area contributed by atoms with Gasteiger partial charge in [-0.25, -0.2) is 0 Å². The van der Waals surface area contributed by atoms with Gasteiger partial charge in [0.2, 0.25) is 5.91 Å².